The molecule has 0 saturated heterocycles. The number of carbonyl (C=O) groups is 2. The Hall–Kier alpha value is -1.98. The predicted molar refractivity (Wildman–Crippen MR) is 60.3 cm³/mol. The molecule has 0 spiro atoms. The molecular formula is C12H13F2NO3. The van der Waals surface area contributed by atoms with Gasteiger partial charge < -0.3 is 10.0 Å². The van der Waals surface area contributed by atoms with E-state index in [9.17, 15) is 18.4 Å². The minimum atomic E-state index is -1.20. The molecule has 1 amide bonds. The Labute approximate surface area is 103 Å². The van der Waals surface area contributed by atoms with E-state index < -0.39 is 29.6 Å². The third kappa shape index (κ3) is 2.64. The van der Waals surface area contributed by atoms with Gasteiger partial charge in [0.15, 0.2) is 0 Å². The normalized spacial score (nSPS) is 12.1. The van der Waals surface area contributed by atoms with Crippen LogP contribution < -0.4 is 0 Å². The topological polar surface area (TPSA) is 57.6 Å². The summed E-state index contributed by atoms with van der Waals surface area (Å²) >= 11 is 0. The van der Waals surface area contributed by atoms with Gasteiger partial charge in [-0.05, 0) is 25.5 Å². The zero-order valence-electron chi connectivity index (χ0n) is 10.2. The van der Waals surface area contributed by atoms with E-state index in [4.69, 9.17) is 5.11 Å². The van der Waals surface area contributed by atoms with Crippen molar-refractivity contribution in [3.63, 3.8) is 0 Å². The van der Waals surface area contributed by atoms with Crippen LogP contribution in [0.15, 0.2) is 12.1 Å². The number of carbonyl (C=O) groups excluding carboxylic acids is 1. The van der Waals surface area contributed by atoms with Gasteiger partial charge in [0.1, 0.15) is 17.7 Å². The van der Waals surface area contributed by atoms with E-state index >= 15 is 0 Å². The van der Waals surface area contributed by atoms with Crippen LogP contribution in [0.5, 0.6) is 0 Å². The van der Waals surface area contributed by atoms with Gasteiger partial charge in [-0.3, -0.25) is 4.79 Å². The van der Waals surface area contributed by atoms with Gasteiger partial charge in [0.25, 0.3) is 5.91 Å². The monoisotopic (exact) mass is 257 g/mol. The summed E-state index contributed by atoms with van der Waals surface area (Å²) < 4.78 is 26.5. The van der Waals surface area contributed by atoms with Gasteiger partial charge in [-0.25, -0.2) is 13.6 Å². The Morgan fingerprint density at radius 1 is 1.28 bits per heavy atom. The summed E-state index contributed by atoms with van der Waals surface area (Å²) in [7, 11) is 1.25. The van der Waals surface area contributed by atoms with Crippen molar-refractivity contribution in [3.05, 3.63) is 34.9 Å². The third-order valence-electron chi connectivity index (χ3n) is 2.74. The minimum Gasteiger partial charge on any atom is -0.480 e. The summed E-state index contributed by atoms with van der Waals surface area (Å²) in [5.74, 6) is -3.76. The van der Waals surface area contributed by atoms with Crippen molar-refractivity contribution in [1.82, 2.24) is 4.90 Å². The second-order valence-electron chi connectivity index (χ2n) is 4.01. The molecule has 18 heavy (non-hydrogen) atoms. The van der Waals surface area contributed by atoms with E-state index in [2.05, 4.69) is 0 Å². The maximum Gasteiger partial charge on any atom is 0.326 e. The van der Waals surface area contributed by atoms with Crippen molar-refractivity contribution in [2.75, 3.05) is 7.05 Å². The summed E-state index contributed by atoms with van der Waals surface area (Å²) in [4.78, 5) is 23.5. The molecule has 98 valence electrons. The summed E-state index contributed by atoms with van der Waals surface area (Å²) in [5, 5.41) is 8.77. The molecule has 1 aromatic carbocycles. The van der Waals surface area contributed by atoms with Crippen molar-refractivity contribution >= 4 is 11.9 Å². The number of likely N-dealkylation sites (N-methyl/N-ethyl adjacent to an activating group) is 1. The minimum absolute atomic E-state index is 0.121. The molecule has 6 heteroatoms. The third-order valence-corrected chi connectivity index (χ3v) is 2.74. The van der Waals surface area contributed by atoms with Crippen molar-refractivity contribution in [2.24, 2.45) is 0 Å². The number of hydrogen-bond donors (Lipinski definition) is 1. The smallest absolute Gasteiger partial charge is 0.326 e. The van der Waals surface area contributed by atoms with Gasteiger partial charge in [-0.2, -0.15) is 0 Å². The van der Waals surface area contributed by atoms with Gasteiger partial charge in [0, 0.05) is 13.1 Å². The SMILES string of the molecule is Cc1cc(C(=O)N(C)C(C)C(=O)O)c(F)cc1F. The van der Waals surface area contributed by atoms with Crippen molar-refractivity contribution in [2.45, 2.75) is 19.9 Å². The molecule has 1 atom stereocenters. The zero-order chi connectivity index (χ0) is 14.0. The Morgan fingerprint density at radius 2 is 1.83 bits per heavy atom. The van der Waals surface area contributed by atoms with Crippen LogP contribution in [-0.2, 0) is 4.79 Å². The lowest BCUT2D eigenvalue weighted by Crippen LogP contribution is -2.40. The molecule has 4 nitrogen and oxygen atoms in total. The van der Waals surface area contributed by atoms with Crippen LogP contribution in [0.3, 0.4) is 0 Å². The lowest BCUT2D eigenvalue weighted by molar-refractivity contribution is -0.141. The fourth-order valence-electron chi connectivity index (χ4n) is 1.35. The van der Waals surface area contributed by atoms with Gasteiger partial charge in [0.2, 0.25) is 0 Å². The van der Waals surface area contributed by atoms with Crippen LogP contribution in [-0.4, -0.2) is 35.0 Å². The maximum absolute atomic E-state index is 13.5. The van der Waals surface area contributed by atoms with Crippen molar-refractivity contribution in [3.8, 4) is 0 Å². The second kappa shape index (κ2) is 5.12. The highest BCUT2D eigenvalue weighted by Crippen LogP contribution is 2.16. The number of carboxylic acid groups (broad SMARTS) is 1. The lowest BCUT2D eigenvalue weighted by atomic mass is 10.1. The van der Waals surface area contributed by atoms with Crippen LogP contribution in [0.25, 0.3) is 0 Å². The summed E-state index contributed by atoms with van der Waals surface area (Å²) in [6.07, 6.45) is 0. The predicted octanol–water partition coefficient (Wildman–Crippen LogP) is 1.82. The fraction of sp³-hybridized carbons (Fsp3) is 0.333. The average Bonchev–Trinajstić information content (AvgIpc) is 2.30. The standard InChI is InChI=1S/C12H13F2NO3/c1-6-4-8(10(14)5-9(6)13)11(16)15(3)7(2)12(17)18/h4-5,7H,1-3H3,(H,17,18). The summed E-state index contributed by atoms with van der Waals surface area (Å²) in [5.41, 5.74) is -0.222. The summed E-state index contributed by atoms with van der Waals surface area (Å²) in [6.45, 7) is 2.70. The first-order valence-corrected chi connectivity index (χ1v) is 5.21. The molecule has 1 rings (SSSR count). The van der Waals surface area contributed by atoms with Crippen molar-refractivity contribution in [1.29, 1.82) is 0 Å². The van der Waals surface area contributed by atoms with Gasteiger partial charge in [0.05, 0.1) is 5.56 Å². The van der Waals surface area contributed by atoms with E-state index in [1.165, 1.54) is 20.9 Å². The lowest BCUT2D eigenvalue weighted by Gasteiger charge is -2.21. The highest BCUT2D eigenvalue weighted by atomic mass is 19.1. The van der Waals surface area contributed by atoms with Crippen LogP contribution in [0, 0.1) is 18.6 Å². The Balaban J connectivity index is 3.11. The second-order valence-corrected chi connectivity index (χ2v) is 4.01. The van der Waals surface area contributed by atoms with E-state index in [1.54, 1.807) is 0 Å². The number of benzene rings is 1. The number of aryl methyl sites for hydroxylation is 1. The van der Waals surface area contributed by atoms with Gasteiger partial charge in [-0.1, -0.05) is 0 Å². The molecule has 0 aliphatic carbocycles. The van der Waals surface area contributed by atoms with Crippen LogP contribution in [0.1, 0.15) is 22.8 Å². The Morgan fingerprint density at radius 3 is 2.33 bits per heavy atom. The largest absolute Gasteiger partial charge is 0.480 e. The number of hydrogen-bond acceptors (Lipinski definition) is 2. The first kappa shape index (κ1) is 14.1. The van der Waals surface area contributed by atoms with E-state index in [0.29, 0.717) is 6.07 Å². The summed E-state index contributed by atoms with van der Waals surface area (Å²) in [6, 6.07) is 0.585. The van der Waals surface area contributed by atoms with Gasteiger partial charge >= 0.3 is 5.97 Å². The number of aliphatic carboxylic acids is 1. The first-order valence-electron chi connectivity index (χ1n) is 5.21. The fourth-order valence-corrected chi connectivity index (χ4v) is 1.35. The van der Waals surface area contributed by atoms with Crippen LogP contribution in [0.2, 0.25) is 0 Å². The molecule has 0 heterocycles. The molecule has 0 fully saturated rings. The number of halogens is 2. The molecule has 0 aromatic heterocycles. The van der Waals surface area contributed by atoms with E-state index in [0.717, 1.165) is 11.0 Å². The highest BCUT2D eigenvalue weighted by Gasteiger charge is 2.25. The highest BCUT2D eigenvalue weighted by molar-refractivity contribution is 5.96. The maximum atomic E-state index is 13.5. The van der Waals surface area contributed by atoms with Crippen LogP contribution in [0.4, 0.5) is 8.78 Å². The average molecular weight is 257 g/mol. The number of nitrogens with zero attached hydrogens (tertiary/aromatic N) is 1. The first-order chi connectivity index (χ1) is 8.25. The van der Waals surface area contributed by atoms with Crippen molar-refractivity contribution < 1.29 is 23.5 Å². The van der Waals surface area contributed by atoms with E-state index in [1.807, 2.05) is 0 Å². The molecule has 1 aromatic rings. The Bertz CT molecular complexity index is 502. The number of carboxylic acids is 1. The van der Waals surface area contributed by atoms with E-state index in [-0.39, 0.29) is 11.1 Å². The van der Waals surface area contributed by atoms with Crippen LogP contribution >= 0.6 is 0 Å². The Kier molecular flexibility index (Phi) is 4.00. The molecular weight excluding hydrogens is 244 g/mol. The molecule has 0 saturated carbocycles. The molecule has 0 radical (unpaired) electrons. The molecule has 1 unspecified atom stereocenters. The quantitative estimate of drug-likeness (QED) is 0.898. The number of rotatable bonds is 3. The molecule has 0 aliphatic rings. The molecule has 0 aliphatic heterocycles. The molecule has 0 bridgehead atoms. The van der Waals surface area contributed by atoms with Gasteiger partial charge in [-0.15, -0.1) is 0 Å². The zero-order valence-corrected chi connectivity index (χ0v) is 10.2. The number of amides is 1. The molecule has 1 N–H and O–H groups in total.